The van der Waals surface area contributed by atoms with Gasteiger partial charge in [-0.25, -0.2) is 0 Å². The molecule has 0 aliphatic heterocycles. The van der Waals surface area contributed by atoms with E-state index in [2.05, 4.69) is 15.3 Å². The third-order valence-corrected chi connectivity index (χ3v) is 6.51. The van der Waals surface area contributed by atoms with E-state index < -0.39 is 0 Å². The molecule has 4 fully saturated rings. The van der Waals surface area contributed by atoms with Gasteiger partial charge in [0.15, 0.2) is 0 Å². The van der Waals surface area contributed by atoms with Crippen LogP contribution in [0.1, 0.15) is 56.0 Å². The molecule has 0 radical (unpaired) electrons. The second-order valence-electron chi connectivity index (χ2n) is 7.96. The summed E-state index contributed by atoms with van der Waals surface area (Å²) in [4.78, 5) is 0. The Bertz CT molecular complexity index is 695. The van der Waals surface area contributed by atoms with Crippen molar-refractivity contribution in [2.24, 2.45) is 17.8 Å². The van der Waals surface area contributed by atoms with Crippen molar-refractivity contribution in [1.82, 2.24) is 20.0 Å². The summed E-state index contributed by atoms with van der Waals surface area (Å²) in [5.41, 5.74) is 0.991. The molecule has 0 atom stereocenters. The standard InChI is InChI=1S/C17H21ClN4O/c1-10-14(18)8-22(21-10)9-15-19-20-16(23-15)17-5-11-2-12(6-17)4-13(3-11)7-17/h8,11-13H,2-7,9H2,1H3. The summed E-state index contributed by atoms with van der Waals surface area (Å²) in [6.07, 6.45) is 9.81. The zero-order chi connectivity index (χ0) is 15.6. The lowest BCUT2D eigenvalue weighted by atomic mass is 9.49. The SMILES string of the molecule is Cc1nn(Cc2nnc(C34CC5CC(CC(C5)C3)C4)o2)cc1Cl. The van der Waals surface area contributed by atoms with Crippen molar-refractivity contribution in [1.29, 1.82) is 0 Å². The van der Waals surface area contributed by atoms with Crippen LogP contribution in [0.3, 0.4) is 0 Å². The van der Waals surface area contributed by atoms with E-state index in [9.17, 15) is 0 Å². The van der Waals surface area contributed by atoms with E-state index in [1.165, 1.54) is 38.5 Å². The van der Waals surface area contributed by atoms with Crippen molar-refractivity contribution in [2.45, 2.75) is 57.4 Å². The highest BCUT2D eigenvalue weighted by atomic mass is 35.5. The average molecular weight is 333 g/mol. The van der Waals surface area contributed by atoms with Crippen LogP contribution in [-0.4, -0.2) is 20.0 Å². The Morgan fingerprint density at radius 1 is 1.17 bits per heavy atom. The molecule has 6 rings (SSSR count). The molecule has 0 spiro atoms. The minimum absolute atomic E-state index is 0.164. The molecule has 4 aliphatic rings. The first-order chi connectivity index (χ1) is 11.1. The van der Waals surface area contributed by atoms with Crippen LogP contribution in [0, 0.1) is 24.7 Å². The third-order valence-electron chi connectivity index (χ3n) is 6.14. The lowest BCUT2D eigenvalue weighted by Crippen LogP contribution is -2.48. The van der Waals surface area contributed by atoms with Crippen molar-refractivity contribution < 1.29 is 4.42 Å². The number of aromatic nitrogens is 4. The maximum atomic E-state index is 6.10. The molecular formula is C17H21ClN4O. The van der Waals surface area contributed by atoms with Gasteiger partial charge < -0.3 is 4.42 Å². The number of hydrogen-bond donors (Lipinski definition) is 0. The van der Waals surface area contributed by atoms with Crippen LogP contribution in [-0.2, 0) is 12.0 Å². The maximum Gasteiger partial charge on any atom is 0.237 e. The fourth-order valence-corrected chi connectivity index (χ4v) is 5.77. The largest absolute Gasteiger partial charge is 0.423 e. The molecule has 4 saturated carbocycles. The van der Waals surface area contributed by atoms with E-state index in [-0.39, 0.29) is 5.41 Å². The quantitative estimate of drug-likeness (QED) is 0.859. The molecule has 4 aliphatic carbocycles. The molecule has 4 bridgehead atoms. The molecule has 6 heteroatoms. The van der Waals surface area contributed by atoms with Crippen molar-refractivity contribution in [3.05, 3.63) is 28.7 Å². The van der Waals surface area contributed by atoms with Gasteiger partial charge in [-0.15, -0.1) is 10.2 Å². The normalized spacial score (nSPS) is 35.1. The number of rotatable bonds is 3. The Balaban J connectivity index is 1.41. The molecule has 0 amide bonds. The molecule has 2 aromatic rings. The van der Waals surface area contributed by atoms with E-state index in [4.69, 9.17) is 16.0 Å². The highest BCUT2D eigenvalue weighted by Crippen LogP contribution is 2.60. The molecule has 2 heterocycles. The third kappa shape index (κ3) is 2.24. The molecular weight excluding hydrogens is 312 g/mol. The zero-order valence-corrected chi connectivity index (χ0v) is 14.1. The highest BCUT2D eigenvalue weighted by Gasteiger charge is 2.54. The number of halogens is 1. The minimum Gasteiger partial charge on any atom is -0.423 e. The van der Waals surface area contributed by atoms with Crippen molar-refractivity contribution in [2.75, 3.05) is 0 Å². The summed E-state index contributed by atoms with van der Waals surface area (Å²) >= 11 is 6.06. The summed E-state index contributed by atoms with van der Waals surface area (Å²) in [6, 6.07) is 0. The maximum absolute atomic E-state index is 6.10. The Hall–Kier alpha value is -1.36. The van der Waals surface area contributed by atoms with Gasteiger partial charge in [-0.1, -0.05) is 11.6 Å². The van der Waals surface area contributed by atoms with Crippen LogP contribution in [0.5, 0.6) is 0 Å². The predicted octanol–water partition coefficient (Wildman–Crippen LogP) is 3.74. The minimum atomic E-state index is 0.164. The highest BCUT2D eigenvalue weighted by molar-refractivity contribution is 6.31. The fraction of sp³-hybridized carbons (Fsp3) is 0.706. The van der Waals surface area contributed by atoms with Gasteiger partial charge in [0.1, 0.15) is 6.54 Å². The summed E-state index contributed by atoms with van der Waals surface area (Å²) in [6.45, 7) is 2.39. The van der Waals surface area contributed by atoms with Gasteiger partial charge in [-0.3, -0.25) is 4.68 Å². The van der Waals surface area contributed by atoms with E-state index in [1.807, 2.05) is 13.1 Å². The lowest BCUT2D eigenvalue weighted by Gasteiger charge is -2.55. The van der Waals surface area contributed by atoms with Gasteiger partial charge in [0.05, 0.1) is 10.7 Å². The zero-order valence-electron chi connectivity index (χ0n) is 13.3. The van der Waals surface area contributed by atoms with E-state index >= 15 is 0 Å². The summed E-state index contributed by atoms with van der Waals surface area (Å²) < 4.78 is 7.87. The molecule has 0 aromatic carbocycles. The predicted molar refractivity (Wildman–Crippen MR) is 85.2 cm³/mol. The van der Waals surface area contributed by atoms with Crippen LogP contribution in [0.15, 0.2) is 10.6 Å². The van der Waals surface area contributed by atoms with Crippen LogP contribution in [0.25, 0.3) is 0 Å². The Labute approximate surface area is 140 Å². The van der Waals surface area contributed by atoms with Crippen LogP contribution in [0.2, 0.25) is 5.02 Å². The Morgan fingerprint density at radius 2 is 1.83 bits per heavy atom. The van der Waals surface area contributed by atoms with E-state index in [0.717, 1.165) is 29.3 Å². The van der Waals surface area contributed by atoms with Gasteiger partial charge in [0.25, 0.3) is 0 Å². The van der Waals surface area contributed by atoms with Crippen LogP contribution >= 0.6 is 11.6 Å². The van der Waals surface area contributed by atoms with Gasteiger partial charge in [0.2, 0.25) is 11.8 Å². The molecule has 0 N–H and O–H groups in total. The molecule has 122 valence electrons. The van der Waals surface area contributed by atoms with Gasteiger partial charge >= 0.3 is 0 Å². The summed E-state index contributed by atoms with van der Waals surface area (Å²) in [5.74, 6) is 4.15. The second kappa shape index (κ2) is 4.82. The van der Waals surface area contributed by atoms with Crippen molar-refractivity contribution >= 4 is 11.6 Å². The van der Waals surface area contributed by atoms with Crippen molar-refractivity contribution in [3.8, 4) is 0 Å². The second-order valence-corrected chi connectivity index (χ2v) is 8.37. The molecule has 0 saturated heterocycles. The Kier molecular flexibility index (Phi) is 2.94. The smallest absolute Gasteiger partial charge is 0.237 e. The molecule has 23 heavy (non-hydrogen) atoms. The first-order valence-electron chi connectivity index (χ1n) is 8.62. The summed E-state index contributed by atoms with van der Waals surface area (Å²) in [7, 11) is 0. The van der Waals surface area contributed by atoms with Gasteiger partial charge in [-0.2, -0.15) is 5.10 Å². The first-order valence-corrected chi connectivity index (χ1v) is 9.00. The summed E-state index contributed by atoms with van der Waals surface area (Å²) in [5, 5.41) is 13.8. The average Bonchev–Trinajstić information content (AvgIpc) is 3.06. The van der Waals surface area contributed by atoms with Crippen LogP contribution < -0.4 is 0 Å². The number of hydrogen-bond acceptors (Lipinski definition) is 4. The molecule has 5 nitrogen and oxygen atoms in total. The first kappa shape index (κ1) is 14.0. The molecule has 2 aromatic heterocycles. The van der Waals surface area contributed by atoms with Gasteiger partial charge in [-0.05, 0) is 63.2 Å². The number of nitrogens with zero attached hydrogens (tertiary/aromatic N) is 4. The number of aryl methyl sites for hydroxylation is 1. The fourth-order valence-electron chi connectivity index (χ4n) is 5.62. The Morgan fingerprint density at radius 3 is 2.39 bits per heavy atom. The monoisotopic (exact) mass is 332 g/mol. The molecule has 0 unspecified atom stereocenters. The van der Waals surface area contributed by atoms with Crippen molar-refractivity contribution in [3.63, 3.8) is 0 Å². The van der Waals surface area contributed by atoms with E-state index in [1.54, 1.807) is 4.68 Å². The van der Waals surface area contributed by atoms with Gasteiger partial charge in [0, 0.05) is 11.6 Å². The van der Waals surface area contributed by atoms with E-state index in [0.29, 0.717) is 17.5 Å². The topological polar surface area (TPSA) is 56.7 Å². The van der Waals surface area contributed by atoms with Crippen LogP contribution in [0.4, 0.5) is 0 Å². The lowest BCUT2D eigenvalue weighted by molar-refractivity contribution is -0.0183.